The molecule has 0 unspecified atom stereocenters. The van der Waals surface area contributed by atoms with Crippen LogP contribution in [0.3, 0.4) is 0 Å². The summed E-state index contributed by atoms with van der Waals surface area (Å²) >= 11 is 0. The van der Waals surface area contributed by atoms with E-state index in [0.717, 1.165) is 30.3 Å². The van der Waals surface area contributed by atoms with Gasteiger partial charge in [-0.3, -0.25) is 25.0 Å². The molecule has 0 atom stereocenters. The molecule has 0 bridgehead atoms. The highest BCUT2D eigenvalue weighted by Crippen LogP contribution is 2.35. The van der Waals surface area contributed by atoms with Crippen LogP contribution in [-0.2, 0) is 4.74 Å². The second kappa shape index (κ2) is 9.41. The second-order valence-electron chi connectivity index (χ2n) is 5.50. The number of nitro groups is 2. The fourth-order valence-electron chi connectivity index (χ4n) is 2.32. The van der Waals surface area contributed by atoms with Crippen LogP contribution in [0, 0.1) is 26.0 Å². The van der Waals surface area contributed by atoms with Gasteiger partial charge >= 0.3 is 5.69 Å². The van der Waals surface area contributed by atoms with E-state index in [1.807, 2.05) is 0 Å². The average molecular weight is 409 g/mol. The number of methoxy groups -OCH3 is 2. The van der Waals surface area contributed by atoms with Gasteiger partial charge in [0.05, 0.1) is 29.6 Å². The molecule has 0 heterocycles. The van der Waals surface area contributed by atoms with Gasteiger partial charge in [-0.15, -0.1) is 0 Å². The first-order valence-corrected chi connectivity index (χ1v) is 8.02. The summed E-state index contributed by atoms with van der Waals surface area (Å²) in [5.74, 6) is -1.94. The SMILES string of the molecule is COCCOc1cc([N+](=O)[O-])c(C(=O)Nc2ccc(F)c([N+](=O)[O-])c2)cc1OC. The van der Waals surface area contributed by atoms with Crippen LogP contribution in [0.2, 0.25) is 0 Å². The molecule has 2 aromatic carbocycles. The molecule has 0 spiro atoms. The molecule has 0 radical (unpaired) electrons. The first-order valence-electron chi connectivity index (χ1n) is 8.02. The molecule has 0 saturated carbocycles. The Hall–Kier alpha value is -3.80. The molecule has 1 amide bonds. The standard InChI is InChI=1S/C17H16FN3O8/c1-27-5-6-29-16-9-13(20(23)24)11(8-15(16)28-2)17(22)19-10-3-4-12(18)14(7-10)21(25)26/h3-4,7-9H,5-6H2,1-2H3,(H,19,22). The number of amides is 1. The molecule has 2 rings (SSSR count). The number of rotatable bonds is 9. The van der Waals surface area contributed by atoms with Gasteiger partial charge in [-0.1, -0.05) is 0 Å². The predicted molar refractivity (Wildman–Crippen MR) is 98.0 cm³/mol. The number of ether oxygens (including phenoxy) is 3. The zero-order valence-electron chi connectivity index (χ0n) is 15.3. The lowest BCUT2D eigenvalue weighted by Crippen LogP contribution is -2.15. The Morgan fingerprint density at radius 2 is 1.72 bits per heavy atom. The quantitative estimate of drug-likeness (QED) is 0.378. The lowest BCUT2D eigenvalue weighted by atomic mass is 10.1. The largest absolute Gasteiger partial charge is 0.493 e. The third-order valence-corrected chi connectivity index (χ3v) is 3.67. The molecule has 29 heavy (non-hydrogen) atoms. The number of anilines is 1. The average Bonchev–Trinajstić information content (AvgIpc) is 2.68. The smallest absolute Gasteiger partial charge is 0.306 e. The molecule has 154 valence electrons. The number of carbonyl (C=O) groups excluding carboxylic acids is 1. The molecule has 0 saturated heterocycles. The van der Waals surface area contributed by atoms with E-state index in [0.29, 0.717) is 0 Å². The third kappa shape index (κ3) is 5.13. The van der Waals surface area contributed by atoms with Crippen molar-refractivity contribution in [1.82, 2.24) is 0 Å². The number of hydrogen-bond donors (Lipinski definition) is 1. The first-order chi connectivity index (χ1) is 13.8. The lowest BCUT2D eigenvalue weighted by Gasteiger charge is -2.13. The highest BCUT2D eigenvalue weighted by Gasteiger charge is 2.25. The molecule has 0 aliphatic rings. The van der Waals surface area contributed by atoms with Crippen molar-refractivity contribution in [2.24, 2.45) is 0 Å². The van der Waals surface area contributed by atoms with Crippen molar-refractivity contribution in [2.75, 3.05) is 32.8 Å². The number of halogens is 1. The molecule has 11 nitrogen and oxygen atoms in total. The fourth-order valence-corrected chi connectivity index (χ4v) is 2.32. The number of nitrogens with zero attached hydrogens (tertiary/aromatic N) is 2. The van der Waals surface area contributed by atoms with Crippen LogP contribution in [0.1, 0.15) is 10.4 Å². The van der Waals surface area contributed by atoms with Crippen LogP contribution >= 0.6 is 0 Å². The predicted octanol–water partition coefficient (Wildman–Crippen LogP) is 2.93. The van der Waals surface area contributed by atoms with Crippen LogP contribution in [0.4, 0.5) is 21.5 Å². The summed E-state index contributed by atoms with van der Waals surface area (Å²) < 4.78 is 28.8. The van der Waals surface area contributed by atoms with E-state index < -0.39 is 32.9 Å². The topological polar surface area (TPSA) is 143 Å². The minimum absolute atomic E-state index is 0.0326. The van der Waals surface area contributed by atoms with Crippen molar-refractivity contribution in [1.29, 1.82) is 0 Å². The van der Waals surface area contributed by atoms with Crippen LogP contribution in [0.5, 0.6) is 11.5 Å². The number of hydrogen-bond acceptors (Lipinski definition) is 8. The summed E-state index contributed by atoms with van der Waals surface area (Å²) in [5, 5.41) is 24.5. The van der Waals surface area contributed by atoms with Crippen molar-refractivity contribution in [3.05, 3.63) is 61.9 Å². The van der Waals surface area contributed by atoms with E-state index in [-0.39, 0.29) is 36.0 Å². The monoisotopic (exact) mass is 409 g/mol. The summed E-state index contributed by atoms with van der Waals surface area (Å²) in [6.45, 7) is 0.317. The maximum absolute atomic E-state index is 13.4. The molecule has 2 aromatic rings. The lowest BCUT2D eigenvalue weighted by molar-refractivity contribution is -0.387. The van der Waals surface area contributed by atoms with Crippen LogP contribution < -0.4 is 14.8 Å². The number of nitro benzene ring substituents is 2. The molecule has 0 aliphatic carbocycles. The Bertz CT molecular complexity index is 951. The van der Waals surface area contributed by atoms with E-state index in [1.54, 1.807) is 0 Å². The molecule has 0 aliphatic heterocycles. The molecule has 12 heteroatoms. The molecule has 1 N–H and O–H groups in total. The van der Waals surface area contributed by atoms with E-state index in [9.17, 15) is 29.4 Å². The third-order valence-electron chi connectivity index (χ3n) is 3.67. The van der Waals surface area contributed by atoms with Gasteiger partial charge in [0.1, 0.15) is 12.2 Å². The molecular weight excluding hydrogens is 393 g/mol. The van der Waals surface area contributed by atoms with Gasteiger partial charge < -0.3 is 19.5 Å². The highest BCUT2D eigenvalue weighted by molar-refractivity contribution is 6.07. The fraction of sp³-hybridized carbons (Fsp3) is 0.235. The van der Waals surface area contributed by atoms with Gasteiger partial charge in [-0.05, 0) is 12.1 Å². The van der Waals surface area contributed by atoms with Crippen LogP contribution in [0.25, 0.3) is 0 Å². The van der Waals surface area contributed by atoms with E-state index in [2.05, 4.69) is 5.32 Å². The Kier molecular flexibility index (Phi) is 6.98. The minimum atomic E-state index is -1.08. The van der Waals surface area contributed by atoms with Crippen LogP contribution in [-0.4, -0.2) is 43.2 Å². The maximum atomic E-state index is 13.4. The summed E-state index contributed by atoms with van der Waals surface area (Å²) in [7, 11) is 2.74. The zero-order chi connectivity index (χ0) is 21.6. The Morgan fingerprint density at radius 3 is 2.31 bits per heavy atom. The number of nitrogens with one attached hydrogen (secondary N) is 1. The van der Waals surface area contributed by atoms with E-state index in [1.165, 1.54) is 14.2 Å². The maximum Gasteiger partial charge on any atom is 0.306 e. The van der Waals surface area contributed by atoms with Crippen molar-refractivity contribution >= 4 is 23.0 Å². The minimum Gasteiger partial charge on any atom is -0.493 e. The van der Waals surface area contributed by atoms with E-state index in [4.69, 9.17) is 14.2 Å². The Balaban J connectivity index is 2.39. The van der Waals surface area contributed by atoms with Gasteiger partial charge in [0.2, 0.25) is 5.82 Å². The summed E-state index contributed by atoms with van der Waals surface area (Å²) in [6.07, 6.45) is 0. The molecule has 0 aromatic heterocycles. The molecule has 0 fully saturated rings. The Labute approximate surface area is 163 Å². The Morgan fingerprint density at radius 1 is 1.03 bits per heavy atom. The first kappa shape index (κ1) is 21.5. The summed E-state index contributed by atoms with van der Waals surface area (Å²) in [4.78, 5) is 33.0. The van der Waals surface area contributed by atoms with Crippen molar-refractivity contribution in [3.63, 3.8) is 0 Å². The van der Waals surface area contributed by atoms with Crippen LogP contribution in [0.15, 0.2) is 30.3 Å². The van der Waals surface area contributed by atoms with Gasteiger partial charge in [0.15, 0.2) is 11.5 Å². The summed E-state index contributed by atoms with van der Waals surface area (Å²) in [5.41, 5.74) is -1.92. The van der Waals surface area contributed by atoms with Gasteiger partial charge in [0, 0.05) is 24.9 Å². The van der Waals surface area contributed by atoms with Crippen molar-refractivity contribution < 1.29 is 33.2 Å². The zero-order valence-corrected chi connectivity index (χ0v) is 15.3. The van der Waals surface area contributed by atoms with Gasteiger partial charge in [0.25, 0.3) is 11.6 Å². The van der Waals surface area contributed by atoms with Gasteiger partial charge in [-0.2, -0.15) is 4.39 Å². The second-order valence-corrected chi connectivity index (χ2v) is 5.50. The number of benzene rings is 2. The summed E-state index contributed by atoms with van der Waals surface area (Å²) in [6, 6.07) is 4.82. The normalized spacial score (nSPS) is 10.3. The van der Waals surface area contributed by atoms with Crippen molar-refractivity contribution in [3.8, 4) is 11.5 Å². The van der Waals surface area contributed by atoms with E-state index >= 15 is 0 Å². The van der Waals surface area contributed by atoms with Gasteiger partial charge in [-0.25, -0.2) is 0 Å². The number of carbonyl (C=O) groups is 1. The highest BCUT2D eigenvalue weighted by atomic mass is 19.1. The van der Waals surface area contributed by atoms with Crippen molar-refractivity contribution in [2.45, 2.75) is 0 Å². The molecular formula is C17H16FN3O8.